The Balaban J connectivity index is 1.70. The summed E-state index contributed by atoms with van der Waals surface area (Å²) in [5.41, 5.74) is 0. The lowest BCUT2D eigenvalue weighted by Gasteiger charge is -2.32. The summed E-state index contributed by atoms with van der Waals surface area (Å²) in [6.45, 7) is 11.5. The lowest BCUT2D eigenvalue weighted by atomic mass is 10.1. The van der Waals surface area contributed by atoms with Gasteiger partial charge in [-0.25, -0.2) is 0 Å². The fourth-order valence-corrected chi connectivity index (χ4v) is 3.07. The summed E-state index contributed by atoms with van der Waals surface area (Å²) in [6.07, 6.45) is 3.26. The number of piperazine rings is 1. The number of likely N-dealkylation sites (tertiary alicyclic amines) is 1. The number of carbonyl (C=O) groups is 1. The Hall–Kier alpha value is -0.650. The predicted octanol–water partition coefficient (Wildman–Crippen LogP) is 0.945. The van der Waals surface area contributed by atoms with Gasteiger partial charge in [0.05, 0.1) is 12.6 Å². The molecular formula is C16H31N3O2. The van der Waals surface area contributed by atoms with Crippen LogP contribution in [0.3, 0.4) is 0 Å². The number of hydrogen-bond acceptors (Lipinski definition) is 4. The fourth-order valence-electron chi connectivity index (χ4n) is 3.07. The molecule has 2 heterocycles. The summed E-state index contributed by atoms with van der Waals surface area (Å²) in [4.78, 5) is 17.0. The third-order valence-corrected chi connectivity index (χ3v) is 4.44. The van der Waals surface area contributed by atoms with Crippen molar-refractivity contribution in [2.75, 3.05) is 52.5 Å². The molecule has 1 N–H and O–H groups in total. The molecule has 2 aliphatic heterocycles. The largest absolute Gasteiger partial charge is 0.380 e. The van der Waals surface area contributed by atoms with Gasteiger partial charge in [0.25, 0.3) is 0 Å². The quantitative estimate of drug-likeness (QED) is 0.711. The number of hydrogen-bond donors (Lipinski definition) is 1. The van der Waals surface area contributed by atoms with Crippen LogP contribution < -0.4 is 5.32 Å². The first-order chi connectivity index (χ1) is 10.2. The molecule has 2 fully saturated rings. The van der Waals surface area contributed by atoms with E-state index < -0.39 is 0 Å². The highest BCUT2D eigenvalue weighted by Crippen LogP contribution is 2.19. The first kappa shape index (κ1) is 16.7. The number of nitrogens with zero attached hydrogens (tertiary/aromatic N) is 2. The molecule has 2 saturated heterocycles. The molecule has 0 saturated carbocycles. The van der Waals surface area contributed by atoms with Gasteiger partial charge in [0.2, 0.25) is 5.91 Å². The smallest absolute Gasteiger partial charge is 0.240 e. The van der Waals surface area contributed by atoms with Crippen molar-refractivity contribution in [1.29, 1.82) is 0 Å². The van der Waals surface area contributed by atoms with Crippen LogP contribution in [0.15, 0.2) is 0 Å². The van der Waals surface area contributed by atoms with Crippen molar-refractivity contribution in [2.24, 2.45) is 5.92 Å². The zero-order valence-corrected chi connectivity index (χ0v) is 13.6. The molecule has 2 rings (SSSR count). The van der Waals surface area contributed by atoms with Crippen LogP contribution in [0.4, 0.5) is 0 Å². The maximum atomic E-state index is 12.6. The number of rotatable bonds is 7. The predicted molar refractivity (Wildman–Crippen MR) is 84.3 cm³/mol. The number of ether oxygens (including phenoxy) is 1. The molecule has 5 nitrogen and oxygen atoms in total. The standard InChI is InChI=1S/C16H31N3O2/c1-14(2)5-12-21-13-11-18-8-3-4-15(18)16(20)19-9-6-17-7-10-19/h14-15,17H,3-13H2,1-2H3. The van der Waals surface area contributed by atoms with Crippen LogP contribution >= 0.6 is 0 Å². The third kappa shape index (κ3) is 5.24. The van der Waals surface area contributed by atoms with E-state index >= 15 is 0 Å². The van der Waals surface area contributed by atoms with Gasteiger partial charge in [0.1, 0.15) is 0 Å². The van der Waals surface area contributed by atoms with Gasteiger partial charge in [0, 0.05) is 39.3 Å². The molecule has 122 valence electrons. The molecule has 2 aliphatic rings. The molecule has 21 heavy (non-hydrogen) atoms. The van der Waals surface area contributed by atoms with E-state index in [1.165, 1.54) is 0 Å². The van der Waals surface area contributed by atoms with Crippen LogP contribution in [-0.2, 0) is 9.53 Å². The molecule has 0 aliphatic carbocycles. The SMILES string of the molecule is CC(C)CCOCCN1CCCC1C(=O)N1CCNCC1. The highest BCUT2D eigenvalue weighted by Gasteiger charge is 2.33. The van der Waals surface area contributed by atoms with E-state index in [9.17, 15) is 4.79 Å². The van der Waals surface area contributed by atoms with Gasteiger partial charge in [-0.15, -0.1) is 0 Å². The molecular weight excluding hydrogens is 266 g/mol. The van der Waals surface area contributed by atoms with E-state index in [4.69, 9.17) is 4.74 Å². The van der Waals surface area contributed by atoms with Crippen molar-refractivity contribution in [3.63, 3.8) is 0 Å². The van der Waals surface area contributed by atoms with Crippen molar-refractivity contribution in [3.05, 3.63) is 0 Å². The van der Waals surface area contributed by atoms with Gasteiger partial charge in [-0.05, 0) is 31.7 Å². The van der Waals surface area contributed by atoms with Crippen LogP contribution in [0.5, 0.6) is 0 Å². The fraction of sp³-hybridized carbons (Fsp3) is 0.938. The molecule has 0 radical (unpaired) electrons. The monoisotopic (exact) mass is 297 g/mol. The normalized spacial score (nSPS) is 24.0. The van der Waals surface area contributed by atoms with Crippen LogP contribution in [0.2, 0.25) is 0 Å². The van der Waals surface area contributed by atoms with Gasteiger partial charge >= 0.3 is 0 Å². The maximum Gasteiger partial charge on any atom is 0.240 e. The Bertz CT molecular complexity index is 317. The van der Waals surface area contributed by atoms with Crippen LogP contribution in [0, 0.1) is 5.92 Å². The molecule has 0 bridgehead atoms. The third-order valence-electron chi connectivity index (χ3n) is 4.44. The number of carbonyl (C=O) groups excluding carboxylic acids is 1. The molecule has 1 atom stereocenters. The molecule has 0 spiro atoms. The Morgan fingerprint density at radius 1 is 1.24 bits per heavy atom. The Kier molecular flexibility index (Phi) is 6.93. The Labute approximate surface area is 129 Å². The van der Waals surface area contributed by atoms with Crippen LogP contribution in [0.1, 0.15) is 33.1 Å². The summed E-state index contributed by atoms with van der Waals surface area (Å²) in [7, 11) is 0. The van der Waals surface area contributed by atoms with Crippen molar-refractivity contribution in [3.8, 4) is 0 Å². The van der Waals surface area contributed by atoms with Gasteiger partial charge in [0.15, 0.2) is 0 Å². The lowest BCUT2D eigenvalue weighted by Crippen LogP contribution is -2.52. The van der Waals surface area contributed by atoms with Crippen molar-refractivity contribution >= 4 is 5.91 Å². The summed E-state index contributed by atoms with van der Waals surface area (Å²) in [6, 6.07) is 0.0943. The van der Waals surface area contributed by atoms with Crippen LogP contribution in [0.25, 0.3) is 0 Å². The van der Waals surface area contributed by atoms with Crippen molar-refractivity contribution in [1.82, 2.24) is 15.1 Å². The average molecular weight is 297 g/mol. The number of amides is 1. The second-order valence-electron chi connectivity index (χ2n) is 6.56. The van der Waals surface area contributed by atoms with Gasteiger partial charge < -0.3 is 15.0 Å². The minimum absolute atomic E-state index is 0.0943. The lowest BCUT2D eigenvalue weighted by molar-refractivity contribution is -0.136. The summed E-state index contributed by atoms with van der Waals surface area (Å²) >= 11 is 0. The summed E-state index contributed by atoms with van der Waals surface area (Å²) in [5.74, 6) is 1.02. The molecule has 1 amide bonds. The Morgan fingerprint density at radius 3 is 2.71 bits per heavy atom. The highest BCUT2D eigenvalue weighted by molar-refractivity contribution is 5.82. The molecule has 1 unspecified atom stereocenters. The van der Waals surface area contributed by atoms with E-state index in [1.807, 2.05) is 4.90 Å². The molecule has 0 aromatic rings. The van der Waals surface area contributed by atoms with E-state index in [-0.39, 0.29) is 6.04 Å². The Morgan fingerprint density at radius 2 is 2.00 bits per heavy atom. The second-order valence-corrected chi connectivity index (χ2v) is 6.56. The van der Waals surface area contributed by atoms with Crippen molar-refractivity contribution in [2.45, 2.75) is 39.2 Å². The van der Waals surface area contributed by atoms with E-state index in [0.717, 1.165) is 71.7 Å². The van der Waals surface area contributed by atoms with Crippen LogP contribution in [-0.4, -0.2) is 74.2 Å². The molecule has 0 aromatic heterocycles. The zero-order chi connectivity index (χ0) is 15.1. The van der Waals surface area contributed by atoms with E-state index in [1.54, 1.807) is 0 Å². The van der Waals surface area contributed by atoms with Gasteiger partial charge in [-0.1, -0.05) is 13.8 Å². The average Bonchev–Trinajstić information content (AvgIpc) is 2.95. The zero-order valence-electron chi connectivity index (χ0n) is 13.6. The molecule has 0 aromatic carbocycles. The first-order valence-electron chi connectivity index (χ1n) is 8.50. The maximum absolute atomic E-state index is 12.6. The summed E-state index contributed by atoms with van der Waals surface area (Å²) < 4.78 is 5.70. The van der Waals surface area contributed by atoms with E-state index in [0.29, 0.717) is 11.8 Å². The first-order valence-corrected chi connectivity index (χ1v) is 8.50. The summed E-state index contributed by atoms with van der Waals surface area (Å²) in [5, 5.41) is 3.30. The molecule has 5 heteroatoms. The number of nitrogens with one attached hydrogen (secondary N) is 1. The minimum Gasteiger partial charge on any atom is -0.380 e. The second kappa shape index (κ2) is 8.71. The van der Waals surface area contributed by atoms with E-state index in [2.05, 4.69) is 24.1 Å². The van der Waals surface area contributed by atoms with Gasteiger partial charge in [-0.2, -0.15) is 0 Å². The highest BCUT2D eigenvalue weighted by atomic mass is 16.5. The van der Waals surface area contributed by atoms with Gasteiger partial charge in [-0.3, -0.25) is 9.69 Å². The minimum atomic E-state index is 0.0943. The topological polar surface area (TPSA) is 44.8 Å². The van der Waals surface area contributed by atoms with Crippen molar-refractivity contribution < 1.29 is 9.53 Å².